The quantitative estimate of drug-likeness (QED) is 0.456. The van der Waals surface area contributed by atoms with Crippen LogP contribution in [0.2, 0.25) is 0 Å². The molecule has 92 valence electrons. The molecule has 0 unspecified atom stereocenters. The summed E-state index contributed by atoms with van der Waals surface area (Å²) in [6, 6.07) is 1.91. The molecule has 0 saturated heterocycles. The summed E-state index contributed by atoms with van der Waals surface area (Å²) in [6.45, 7) is 4.42. The Morgan fingerprint density at radius 3 is 2.65 bits per heavy atom. The van der Waals surface area contributed by atoms with E-state index in [1.807, 2.05) is 19.9 Å². The first-order chi connectivity index (χ1) is 8.13. The molecule has 0 spiro atoms. The molecule has 17 heavy (non-hydrogen) atoms. The highest BCUT2D eigenvalue weighted by atomic mass is 32.2. The number of hydrogen-bond donors (Lipinski definition) is 0. The van der Waals surface area contributed by atoms with Crippen LogP contribution in [0.5, 0.6) is 0 Å². The Kier molecular flexibility index (Phi) is 3.99. The lowest BCUT2D eigenvalue weighted by molar-refractivity contribution is -0.140. The van der Waals surface area contributed by atoms with Crippen LogP contribution in [0.1, 0.15) is 24.2 Å². The first-order valence-electron chi connectivity index (χ1n) is 5.74. The minimum Gasteiger partial charge on any atom is -0.465 e. The molecule has 4 nitrogen and oxygen atoms in total. The van der Waals surface area contributed by atoms with Gasteiger partial charge in [-0.1, -0.05) is 11.8 Å². The molecule has 5 heteroatoms. The molecule has 2 rings (SSSR count). The molecular weight excluding hydrogens is 236 g/mol. The third-order valence-electron chi connectivity index (χ3n) is 2.46. The normalized spacial score (nSPS) is 14.7. The van der Waals surface area contributed by atoms with Crippen molar-refractivity contribution in [2.45, 2.75) is 31.8 Å². The van der Waals surface area contributed by atoms with Crippen LogP contribution in [0, 0.1) is 19.8 Å². The molecule has 1 fully saturated rings. The van der Waals surface area contributed by atoms with Gasteiger partial charge in [0.2, 0.25) is 0 Å². The highest BCUT2D eigenvalue weighted by Crippen LogP contribution is 2.29. The van der Waals surface area contributed by atoms with E-state index in [0.717, 1.165) is 11.4 Å². The number of aryl methyl sites for hydroxylation is 2. The van der Waals surface area contributed by atoms with Crippen LogP contribution in [0.25, 0.3) is 0 Å². The van der Waals surface area contributed by atoms with E-state index in [0.29, 0.717) is 17.7 Å². The standard InChI is InChI=1S/C12H16N2O2S/c1-8-5-9(2)14-12(13-8)17-7-11(15)16-6-10-3-4-10/h5,10H,3-4,6-7H2,1-2H3. The Hall–Kier alpha value is -1.10. The Bertz CT molecular complexity index is 399. The number of esters is 1. The second kappa shape index (κ2) is 5.49. The molecule has 1 aromatic rings. The zero-order chi connectivity index (χ0) is 12.3. The molecule has 1 saturated carbocycles. The molecule has 1 heterocycles. The molecule has 1 aliphatic rings. The summed E-state index contributed by atoms with van der Waals surface area (Å²) in [5.41, 5.74) is 1.85. The molecule has 0 amide bonds. The Morgan fingerprint density at radius 2 is 2.06 bits per heavy atom. The van der Waals surface area contributed by atoms with Crippen LogP contribution in [0.3, 0.4) is 0 Å². The third-order valence-corrected chi connectivity index (χ3v) is 3.28. The van der Waals surface area contributed by atoms with Gasteiger partial charge in [-0.2, -0.15) is 0 Å². The Morgan fingerprint density at radius 1 is 1.41 bits per heavy atom. The fraction of sp³-hybridized carbons (Fsp3) is 0.583. The fourth-order valence-corrected chi connectivity index (χ4v) is 2.17. The van der Waals surface area contributed by atoms with Gasteiger partial charge >= 0.3 is 5.97 Å². The summed E-state index contributed by atoms with van der Waals surface area (Å²) >= 11 is 1.33. The van der Waals surface area contributed by atoms with Crippen molar-refractivity contribution >= 4 is 17.7 Å². The average molecular weight is 252 g/mol. The highest BCUT2D eigenvalue weighted by molar-refractivity contribution is 7.99. The molecule has 1 aliphatic carbocycles. The van der Waals surface area contributed by atoms with Gasteiger partial charge in [0.1, 0.15) is 0 Å². The van der Waals surface area contributed by atoms with Crippen LogP contribution in [0.4, 0.5) is 0 Å². The number of aromatic nitrogens is 2. The first kappa shape index (κ1) is 12.4. The van der Waals surface area contributed by atoms with Crippen molar-refractivity contribution < 1.29 is 9.53 Å². The van der Waals surface area contributed by atoms with Crippen LogP contribution < -0.4 is 0 Å². The summed E-state index contributed by atoms with van der Waals surface area (Å²) in [7, 11) is 0. The van der Waals surface area contributed by atoms with Crippen molar-refractivity contribution in [2.75, 3.05) is 12.4 Å². The number of ether oxygens (including phenoxy) is 1. The summed E-state index contributed by atoms with van der Waals surface area (Å²) in [4.78, 5) is 19.9. The fourth-order valence-electron chi connectivity index (χ4n) is 1.42. The van der Waals surface area contributed by atoms with E-state index in [2.05, 4.69) is 9.97 Å². The van der Waals surface area contributed by atoms with Crippen LogP contribution in [0.15, 0.2) is 11.2 Å². The number of rotatable bonds is 5. The minimum absolute atomic E-state index is 0.176. The van der Waals surface area contributed by atoms with Gasteiger partial charge in [0.15, 0.2) is 5.16 Å². The van der Waals surface area contributed by atoms with Crippen LogP contribution >= 0.6 is 11.8 Å². The second-order valence-electron chi connectivity index (χ2n) is 4.35. The predicted octanol–water partition coefficient (Wildman–Crippen LogP) is 2.14. The summed E-state index contributed by atoms with van der Waals surface area (Å²) < 4.78 is 5.13. The van der Waals surface area contributed by atoms with Crippen molar-refractivity contribution in [3.8, 4) is 0 Å². The molecule has 0 radical (unpaired) electrons. The van der Waals surface area contributed by atoms with E-state index in [1.165, 1.54) is 24.6 Å². The topological polar surface area (TPSA) is 52.1 Å². The van der Waals surface area contributed by atoms with Crippen molar-refractivity contribution in [1.82, 2.24) is 9.97 Å². The molecule has 0 aliphatic heterocycles. The zero-order valence-corrected chi connectivity index (χ0v) is 10.9. The molecular formula is C12H16N2O2S. The lowest BCUT2D eigenvalue weighted by Gasteiger charge is -2.04. The van der Waals surface area contributed by atoms with Crippen molar-refractivity contribution in [2.24, 2.45) is 5.92 Å². The van der Waals surface area contributed by atoms with Gasteiger partial charge in [-0.3, -0.25) is 4.79 Å². The lowest BCUT2D eigenvalue weighted by atomic mass is 10.4. The highest BCUT2D eigenvalue weighted by Gasteiger charge is 2.23. The maximum Gasteiger partial charge on any atom is 0.316 e. The van der Waals surface area contributed by atoms with Gasteiger partial charge < -0.3 is 4.74 Å². The first-order valence-corrected chi connectivity index (χ1v) is 6.73. The number of carbonyl (C=O) groups excluding carboxylic acids is 1. The largest absolute Gasteiger partial charge is 0.465 e. The van der Waals surface area contributed by atoms with Gasteiger partial charge in [-0.25, -0.2) is 9.97 Å². The maximum atomic E-state index is 11.4. The second-order valence-corrected chi connectivity index (χ2v) is 5.29. The molecule has 1 aromatic heterocycles. The average Bonchev–Trinajstić information content (AvgIpc) is 3.06. The summed E-state index contributed by atoms with van der Waals surface area (Å²) in [6.07, 6.45) is 2.39. The van der Waals surface area contributed by atoms with Gasteiger partial charge in [-0.15, -0.1) is 0 Å². The predicted molar refractivity (Wildman–Crippen MR) is 65.9 cm³/mol. The smallest absolute Gasteiger partial charge is 0.316 e. The van der Waals surface area contributed by atoms with Crippen LogP contribution in [-0.4, -0.2) is 28.3 Å². The maximum absolute atomic E-state index is 11.4. The Labute approximate surface area is 105 Å². The number of hydrogen-bond acceptors (Lipinski definition) is 5. The number of nitrogens with zero attached hydrogens (tertiary/aromatic N) is 2. The van der Waals surface area contributed by atoms with Crippen LogP contribution in [-0.2, 0) is 9.53 Å². The number of thioether (sulfide) groups is 1. The summed E-state index contributed by atoms with van der Waals surface area (Å²) in [5.74, 6) is 0.723. The van der Waals surface area contributed by atoms with Crippen molar-refractivity contribution in [3.05, 3.63) is 17.5 Å². The minimum atomic E-state index is -0.176. The Balaban J connectivity index is 1.77. The van der Waals surface area contributed by atoms with Crippen molar-refractivity contribution in [3.63, 3.8) is 0 Å². The van der Waals surface area contributed by atoms with Gasteiger partial charge in [-0.05, 0) is 38.7 Å². The molecule has 0 atom stereocenters. The zero-order valence-electron chi connectivity index (χ0n) is 10.1. The van der Waals surface area contributed by atoms with E-state index in [4.69, 9.17) is 4.74 Å². The third kappa shape index (κ3) is 4.34. The monoisotopic (exact) mass is 252 g/mol. The number of carbonyl (C=O) groups is 1. The van der Waals surface area contributed by atoms with E-state index in [-0.39, 0.29) is 11.7 Å². The van der Waals surface area contributed by atoms with Gasteiger partial charge in [0.05, 0.1) is 12.4 Å². The van der Waals surface area contributed by atoms with E-state index in [1.54, 1.807) is 0 Å². The lowest BCUT2D eigenvalue weighted by Crippen LogP contribution is -2.10. The van der Waals surface area contributed by atoms with Gasteiger partial charge in [0, 0.05) is 11.4 Å². The molecule has 0 N–H and O–H groups in total. The van der Waals surface area contributed by atoms with E-state index < -0.39 is 0 Å². The summed E-state index contributed by atoms with van der Waals surface area (Å²) in [5, 5.41) is 0.644. The van der Waals surface area contributed by atoms with E-state index in [9.17, 15) is 4.79 Å². The van der Waals surface area contributed by atoms with Gasteiger partial charge in [0.25, 0.3) is 0 Å². The molecule has 0 aromatic carbocycles. The van der Waals surface area contributed by atoms with E-state index >= 15 is 0 Å². The SMILES string of the molecule is Cc1cc(C)nc(SCC(=O)OCC2CC2)n1. The van der Waals surface area contributed by atoms with Crippen molar-refractivity contribution in [1.29, 1.82) is 0 Å². The molecule has 0 bridgehead atoms.